The summed E-state index contributed by atoms with van der Waals surface area (Å²) in [5.74, 6) is 0.495. The number of amides is 2. The van der Waals surface area contributed by atoms with Crippen LogP contribution in [0.1, 0.15) is 46.7 Å². The standard InChI is InChI=1S/C15H28N4O2/c1-6-13-12(8-16-19(13)9-11(3)4)17-14(21)18-15(5,7-2)10-20/h8,11,20H,6-7,9-10H2,1-5H3,(H2,17,18,21). The number of hydrogen-bond acceptors (Lipinski definition) is 3. The molecule has 120 valence electrons. The van der Waals surface area contributed by atoms with E-state index in [9.17, 15) is 9.90 Å². The first-order valence-corrected chi connectivity index (χ1v) is 7.59. The van der Waals surface area contributed by atoms with Crippen molar-refractivity contribution < 1.29 is 9.90 Å². The molecular weight excluding hydrogens is 268 g/mol. The van der Waals surface area contributed by atoms with Gasteiger partial charge in [0.05, 0.1) is 29.7 Å². The lowest BCUT2D eigenvalue weighted by Crippen LogP contribution is -2.50. The topological polar surface area (TPSA) is 79.2 Å². The van der Waals surface area contributed by atoms with E-state index in [-0.39, 0.29) is 12.6 Å². The first kappa shape index (κ1) is 17.5. The number of aliphatic hydroxyl groups excluding tert-OH is 1. The monoisotopic (exact) mass is 296 g/mol. The SMILES string of the molecule is CCc1c(NC(=O)NC(C)(CC)CO)cnn1CC(C)C. The third kappa shape index (κ3) is 4.74. The van der Waals surface area contributed by atoms with Crippen LogP contribution >= 0.6 is 0 Å². The highest BCUT2D eigenvalue weighted by Crippen LogP contribution is 2.17. The van der Waals surface area contributed by atoms with Crippen molar-refractivity contribution >= 4 is 11.7 Å². The Morgan fingerprint density at radius 1 is 1.48 bits per heavy atom. The van der Waals surface area contributed by atoms with Crippen molar-refractivity contribution in [2.24, 2.45) is 5.92 Å². The number of urea groups is 1. The average molecular weight is 296 g/mol. The molecule has 0 bridgehead atoms. The lowest BCUT2D eigenvalue weighted by atomic mass is 10.0. The second-order valence-corrected chi connectivity index (χ2v) is 6.09. The molecule has 0 saturated carbocycles. The summed E-state index contributed by atoms with van der Waals surface area (Å²) in [5, 5.41) is 19.3. The van der Waals surface area contributed by atoms with Crippen LogP contribution in [0.15, 0.2) is 6.20 Å². The van der Waals surface area contributed by atoms with Crippen LogP contribution in [0, 0.1) is 5.92 Å². The van der Waals surface area contributed by atoms with Crippen LogP contribution in [0.25, 0.3) is 0 Å². The minimum Gasteiger partial charge on any atom is -0.394 e. The molecule has 0 aliphatic carbocycles. The maximum Gasteiger partial charge on any atom is 0.319 e. The van der Waals surface area contributed by atoms with E-state index < -0.39 is 5.54 Å². The highest BCUT2D eigenvalue weighted by Gasteiger charge is 2.24. The minimum absolute atomic E-state index is 0.0931. The lowest BCUT2D eigenvalue weighted by molar-refractivity contribution is 0.172. The molecule has 1 atom stereocenters. The van der Waals surface area contributed by atoms with Gasteiger partial charge in [0.25, 0.3) is 0 Å². The van der Waals surface area contributed by atoms with Crippen molar-refractivity contribution in [3.05, 3.63) is 11.9 Å². The molecule has 0 aromatic carbocycles. The Bertz CT molecular complexity index is 464. The normalized spacial score (nSPS) is 14.0. The number of carbonyl (C=O) groups is 1. The number of anilines is 1. The molecule has 0 radical (unpaired) electrons. The number of rotatable bonds is 7. The van der Waals surface area contributed by atoms with Crippen molar-refractivity contribution in [3.63, 3.8) is 0 Å². The molecule has 0 aliphatic rings. The summed E-state index contributed by atoms with van der Waals surface area (Å²) in [7, 11) is 0. The fourth-order valence-corrected chi connectivity index (χ4v) is 2.06. The third-order valence-electron chi connectivity index (χ3n) is 3.61. The van der Waals surface area contributed by atoms with E-state index in [0.29, 0.717) is 12.3 Å². The lowest BCUT2D eigenvalue weighted by Gasteiger charge is -2.27. The number of carbonyl (C=O) groups excluding carboxylic acids is 1. The minimum atomic E-state index is -0.607. The van der Waals surface area contributed by atoms with E-state index >= 15 is 0 Å². The quantitative estimate of drug-likeness (QED) is 0.723. The predicted octanol–water partition coefficient (Wildman–Crippen LogP) is 2.38. The van der Waals surface area contributed by atoms with Gasteiger partial charge in [-0.15, -0.1) is 0 Å². The Labute approximate surface area is 126 Å². The second-order valence-electron chi connectivity index (χ2n) is 6.09. The van der Waals surface area contributed by atoms with Gasteiger partial charge < -0.3 is 15.7 Å². The number of aromatic nitrogens is 2. The highest BCUT2D eigenvalue weighted by atomic mass is 16.3. The smallest absolute Gasteiger partial charge is 0.319 e. The molecule has 6 nitrogen and oxygen atoms in total. The molecule has 0 spiro atoms. The Morgan fingerprint density at radius 2 is 2.14 bits per heavy atom. The van der Waals surface area contributed by atoms with Crippen molar-refractivity contribution in [2.75, 3.05) is 11.9 Å². The van der Waals surface area contributed by atoms with Crippen LogP contribution in [0.5, 0.6) is 0 Å². The maximum absolute atomic E-state index is 12.1. The molecule has 1 heterocycles. The van der Waals surface area contributed by atoms with Crippen molar-refractivity contribution in [1.82, 2.24) is 15.1 Å². The Balaban J connectivity index is 2.79. The largest absolute Gasteiger partial charge is 0.394 e. The average Bonchev–Trinajstić information content (AvgIpc) is 2.79. The Kier molecular flexibility index (Phi) is 6.20. The summed E-state index contributed by atoms with van der Waals surface area (Å²) in [5.41, 5.74) is 1.14. The fourth-order valence-electron chi connectivity index (χ4n) is 2.06. The molecule has 21 heavy (non-hydrogen) atoms. The van der Waals surface area contributed by atoms with Gasteiger partial charge in [0.15, 0.2) is 0 Å². The van der Waals surface area contributed by atoms with E-state index in [4.69, 9.17) is 0 Å². The Hall–Kier alpha value is -1.56. The van der Waals surface area contributed by atoms with Crippen LogP contribution in [0.3, 0.4) is 0 Å². The number of aliphatic hydroxyl groups is 1. The van der Waals surface area contributed by atoms with Crippen molar-refractivity contribution in [3.8, 4) is 0 Å². The molecule has 1 unspecified atom stereocenters. The van der Waals surface area contributed by atoms with Crippen molar-refractivity contribution in [1.29, 1.82) is 0 Å². The summed E-state index contributed by atoms with van der Waals surface area (Å²) >= 11 is 0. The van der Waals surface area contributed by atoms with Gasteiger partial charge >= 0.3 is 6.03 Å². The highest BCUT2D eigenvalue weighted by molar-refractivity contribution is 5.90. The van der Waals surface area contributed by atoms with Crippen molar-refractivity contribution in [2.45, 2.75) is 59.5 Å². The molecule has 0 fully saturated rings. The van der Waals surface area contributed by atoms with Gasteiger partial charge in [-0.05, 0) is 25.7 Å². The summed E-state index contributed by atoms with van der Waals surface area (Å²) < 4.78 is 1.94. The molecule has 2 amide bonds. The molecular formula is C15H28N4O2. The predicted molar refractivity (Wildman–Crippen MR) is 84.4 cm³/mol. The molecule has 3 N–H and O–H groups in total. The van der Waals surface area contributed by atoms with Gasteiger partial charge in [0.2, 0.25) is 0 Å². The van der Waals surface area contributed by atoms with Gasteiger partial charge in [-0.25, -0.2) is 4.79 Å². The summed E-state index contributed by atoms with van der Waals surface area (Å²) in [4.78, 5) is 12.1. The van der Waals surface area contributed by atoms with Gasteiger partial charge in [0.1, 0.15) is 0 Å². The van der Waals surface area contributed by atoms with Crippen LogP contribution in [0.2, 0.25) is 0 Å². The van der Waals surface area contributed by atoms with Gasteiger partial charge in [0, 0.05) is 6.54 Å². The first-order chi connectivity index (χ1) is 9.85. The van der Waals surface area contributed by atoms with E-state index in [1.807, 2.05) is 25.5 Å². The fraction of sp³-hybridized carbons (Fsp3) is 0.733. The van der Waals surface area contributed by atoms with Crippen LogP contribution in [0.4, 0.5) is 10.5 Å². The van der Waals surface area contributed by atoms with E-state index in [1.54, 1.807) is 6.20 Å². The van der Waals surface area contributed by atoms with Crippen LogP contribution in [-0.4, -0.2) is 33.1 Å². The number of nitrogens with one attached hydrogen (secondary N) is 2. The summed E-state index contributed by atoms with van der Waals surface area (Å²) in [6, 6.07) is -0.313. The molecule has 0 saturated heterocycles. The zero-order valence-electron chi connectivity index (χ0n) is 13.7. The van der Waals surface area contributed by atoms with Gasteiger partial charge in [-0.3, -0.25) is 4.68 Å². The summed E-state index contributed by atoms with van der Waals surface area (Å²) in [6.45, 7) is 10.8. The molecule has 0 aliphatic heterocycles. The molecule has 6 heteroatoms. The zero-order chi connectivity index (χ0) is 16.0. The zero-order valence-corrected chi connectivity index (χ0v) is 13.7. The van der Waals surface area contributed by atoms with Gasteiger partial charge in [-0.1, -0.05) is 27.7 Å². The Morgan fingerprint density at radius 3 is 2.62 bits per heavy atom. The van der Waals surface area contributed by atoms with E-state index in [2.05, 4.69) is 29.6 Å². The van der Waals surface area contributed by atoms with Crippen LogP contribution in [-0.2, 0) is 13.0 Å². The number of nitrogens with zero attached hydrogens (tertiary/aromatic N) is 2. The van der Waals surface area contributed by atoms with E-state index in [1.165, 1.54) is 0 Å². The molecule has 1 aromatic rings. The van der Waals surface area contributed by atoms with E-state index in [0.717, 1.165) is 24.3 Å². The van der Waals surface area contributed by atoms with Crippen LogP contribution < -0.4 is 10.6 Å². The molecule has 1 rings (SSSR count). The molecule has 1 aromatic heterocycles. The van der Waals surface area contributed by atoms with Gasteiger partial charge in [-0.2, -0.15) is 5.10 Å². The third-order valence-corrected chi connectivity index (χ3v) is 3.61. The second kappa shape index (κ2) is 7.45. The first-order valence-electron chi connectivity index (χ1n) is 7.59. The maximum atomic E-state index is 12.1. The summed E-state index contributed by atoms with van der Waals surface area (Å²) in [6.07, 6.45) is 3.14. The number of hydrogen-bond donors (Lipinski definition) is 3.